The predicted octanol–water partition coefficient (Wildman–Crippen LogP) is 4.20. The van der Waals surface area contributed by atoms with E-state index in [1.807, 2.05) is 6.07 Å². The molecule has 0 atom stereocenters. The average Bonchev–Trinajstić information content (AvgIpc) is 2.41. The third-order valence-corrected chi connectivity index (χ3v) is 2.84. The van der Waals surface area contributed by atoms with Gasteiger partial charge in [0.15, 0.2) is 0 Å². The lowest BCUT2D eigenvalue weighted by Crippen LogP contribution is -1.89. The summed E-state index contributed by atoms with van der Waals surface area (Å²) in [5, 5.41) is 8.58. The van der Waals surface area contributed by atoms with Crippen LogP contribution in [-0.4, -0.2) is 0 Å². The summed E-state index contributed by atoms with van der Waals surface area (Å²) < 4.78 is 0. The van der Waals surface area contributed by atoms with E-state index in [0.29, 0.717) is 6.42 Å². The van der Waals surface area contributed by atoms with E-state index < -0.39 is 0 Å². The van der Waals surface area contributed by atoms with Gasteiger partial charge in [-0.1, -0.05) is 54.6 Å². The summed E-state index contributed by atoms with van der Waals surface area (Å²) in [7, 11) is 0. The van der Waals surface area contributed by atoms with E-state index in [1.165, 1.54) is 16.7 Å². The SMILES string of the molecule is N#CCCCc1ccccc1-c1ccccc1. The van der Waals surface area contributed by atoms with Gasteiger partial charge in [-0.15, -0.1) is 0 Å². The number of unbranched alkanes of at least 4 members (excludes halogenated alkanes) is 1. The number of hydrogen-bond donors (Lipinski definition) is 0. The van der Waals surface area contributed by atoms with E-state index in [2.05, 4.69) is 54.6 Å². The molecule has 84 valence electrons. The average molecular weight is 221 g/mol. The van der Waals surface area contributed by atoms with Gasteiger partial charge >= 0.3 is 0 Å². The Kier molecular flexibility index (Phi) is 3.94. The highest BCUT2D eigenvalue weighted by Gasteiger charge is 2.03. The smallest absolute Gasteiger partial charge is 0.0621 e. The molecule has 0 saturated heterocycles. The van der Waals surface area contributed by atoms with Crippen LogP contribution in [0.15, 0.2) is 54.6 Å². The highest BCUT2D eigenvalue weighted by atomic mass is 14.2. The van der Waals surface area contributed by atoms with Gasteiger partial charge in [0.25, 0.3) is 0 Å². The molecule has 0 heterocycles. The number of rotatable bonds is 4. The summed E-state index contributed by atoms with van der Waals surface area (Å²) in [5.74, 6) is 0. The van der Waals surface area contributed by atoms with E-state index >= 15 is 0 Å². The van der Waals surface area contributed by atoms with E-state index in [1.54, 1.807) is 0 Å². The minimum atomic E-state index is 0.628. The summed E-state index contributed by atoms with van der Waals surface area (Å²) in [6.07, 6.45) is 2.53. The third-order valence-electron chi connectivity index (χ3n) is 2.84. The van der Waals surface area contributed by atoms with Crippen LogP contribution in [0.1, 0.15) is 18.4 Å². The molecule has 2 aromatic rings. The Balaban J connectivity index is 2.25. The van der Waals surface area contributed by atoms with Crippen molar-refractivity contribution in [2.75, 3.05) is 0 Å². The Bertz CT molecular complexity index is 509. The van der Waals surface area contributed by atoms with Crippen molar-refractivity contribution in [2.45, 2.75) is 19.3 Å². The third kappa shape index (κ3) is 2.95. The van der Waals surface area contributed by atoms with Crippen molar-refractivity contribution in [2.24, 2.45) is 0 Å². The molecule has 0 aromatic heterocycles. The first-order valence-electron chi connectivity index (χ1n) is 5.92. The Labute approximate surface area is 102 Å². The summed E-state index contributed by atoms with van der Waals surface area (Å²) in [4.78, 5) is 0. The van der Waals surface area contributed by atoms with Crippen LogP contribution in [0, 0.1) is 11.3 Å². The molecule has 0 unspecified atom stereocenters. The zero-order chi connectivity index (χ0) is 11.9. The summed E-state index contributed by atoms with van der Waals surface area (Å²) in [5.41, 5.74) is 3.86. The van der Waals surface area contributed by atoms with Crippen molar-refractivity contribution in [3.05, 3.63) is 60.2 Å². The van der Waals surface area contributed by atoms with Crippen molar-refractivity contribution in [1.82, 2.24) is 0 Å². The molecule has 0 radical (unpaired) electrons. The Morgan fingerprint density at radius 2 is 1.59 bits per heavy atom. The largest absolute Gasteiger partial charge is 0.198 e. The van der Waals surface area contributed by atoms with E-state index in [-0.39, 0.29) is 0 Å². The molecule has 0 aliphatic heterocycles. The lowest BCUT2D eigenvalue weighted by atomic mass is 9.96. The first-order chi connectivity index (χ1) is 8.42. The fourth-order valence-corrected chi connectivity index (χ4v) is 2.00. The summed E-state index contributed by atoms with van der Waals surface area (Å²) in [6, 6.07) is 21.0. The fourth-order valence-electron chi connectivity index (χ4n) is 2.00. The van der Waals surface area contributed by atoms with E-state index in [0.717, 1.165) is 12.8 Å². The second-order valence-corrected chi connectivity index (χ2v) is 4.03. The monoisotopic (exact) mass is 221 g/mol. The molecule has 0 aliphatic rings. The molecule has 2 rings (SSSR count). The molecule has 0 saturated carbocycles. The van der Waals surface area contributed by atoms with Crippen LogP contribution < -0.4 is 0 Å². The van der Waals surface area contributed by atoms with Gasteiger partial charge in [-0.25, -0.2) is 0 Å². The van der Waals surface area contributed by atoms with Gasteiger partial charge in [0.2, 0.25) is 0 Å². The first-order valence-corrected chi connectivity index (χ1v) is 5.92. The first kappa shape index (κ1) is 11.4. The van der Waals surface area contributed by atoms with Gasteiger partial charge in [-0.3, -0.25) is 0 Å². The molecule has 1 nitrogen and oxygen atoms in total. The van der Waals surface area contributed by atoms with Crippen molar-refractivity contribution in [3.63, 3.8) is 0 Å². The van der Waals surface area contributed by atoms with Crippen molar-refractivity contribution in [3.8, 4) is 17.2 Å². The zero-order valence-electron chi connectivity index (χ0n) is 9.76. The molecule has 0 fully saturated rings. The number of benzene rings is 2. The zero-order valence-corrected chi connectivity index (χ0v) is 9.76. The minimum Gasteiger partial charge on any atom is -0.198 e. The molecule has 0 N–H and O–H groups in total. The van der Waals surface area contributed by atoms with Crippen molar-refractivity contribution < 1.29 is 0 Å². The number of aryl methyl sites for hydroxylation is 1. The van der Waals surface area contributed by atoms with E-state index in [9.17, 15) is 0 Å². The topological polar surface area (TPSA) is 23.8 Å². The lowest BCUT2D eigenvalue weighted by molar-refractivity contribution is 0.852. The minimum absolute atomic E-state index is 0.628. The number of hydrogen-bond acceptors (Lipinski definition) is 1. The summed E-state index contributed by atoms with van der Waals surface area (Å²) in [6.45, 7) is 0. The maximum absolute atomic E-state index is 8.58. The Morgan fingerprint density at radius 1 is 0.882 bits per heavy atom. The molecule has 1 heteroatoms. The van der Waals surface area contributed by atoms with Gasteiger partial charge in [-0.05, 0) is 29.5 Å². The standard InChI is InChI=1S/C16H15N/c17-13-7-6-11-15-10-4-5-12-16(15)14-8-2-1-3-9-14/h1-5,8-10,12H,6-7,11H2. The quantitative estimate of drug-likeness (QED) is 0.710. The van der Waals surface area contributed by atoms with Crippen LogP contribution >= 0.6 is 0 Å². The van der Waals surface area contributed by atoms with Gasteiger partial charge in [-0.2, -0.15) is 5.26 Å². The number of nitrogens with zero attached hydrogens (tertiary/aromatic N) is 1. The van der Waals surface area contributed by atoms with Gasteiger partial charge in [0.05, 0.1) is 6.07 Å². The van der Waals surface area contributed by atoms with Crippen LogP contribution in [0.5, 0.6) is 0 Å². The maximum atomic E-state index is 8.58. The lowest BCUT2D eigenvalue weighted by Gasteiger charge is -2.08. The molecule has 2 aromatic carbocycles. The maximum Gasteiger partial charge on any atom is 0.0621 e. The van der Waals surface area contributed by atoms with Gasteiger partial charge < -0.3 is 0 Å². The predicted molar refractivity (Wildman–Crippen MR) is 70.4 cm³/mol. The van der Waals surface area contributed by atoms with Crippen LogP contribution in [0.3, 0.4) is 0 Å². The molecule has 0 amide bonds. The van der Waals surface area contributed by atoms with Gasteiger partial charge in [0, 0.05) is 6.42 Å². The summed E-state index contributed by atoms with van der Waals surface area (Å²) >= 11 is 0. The van der Waals surface area contributed by atoms with Crippen LogP contribution in [0.2, 0.25) is 0 Å². The Morgan fingerprint density at radius 3 is 2.35 bits per heavy atom. The second kappa shape index (κ2) is 5.86. The van der Waals surface area contributed by atoms with Crippen LogP contribution in [-0.2, 0) is 6.42 Å². The second-order valence-electron chi connectivity index (χ2n) is 4.03. The molecule has 0 bridgehead atoms. The molecule has 0 aliphatic carbocycles. The highest BCUT2D eigenvalue weighted by Crippen LogP contribution is 2.24. The van der Waals surface area contributed by atoms with Crippen LogP contribution in [0.4, 0.5) is 0 Å². The van der Waals surface area contributed by atoms with Crippen molar-refractivity contribution in [1.29, 1.82) is 5.26 Å². The molecular weight excluding hydrogens is 206 g/mol. The van der Waals surface area contributed by atoms with Gasteiger partial charge in [0.1, 0.15) is 0 Å². The van der Waals surface area contributed by atoms with Crippen LogP contribution in [0.25, 0.3) is 11.1 Å². The normalized spacial score (nSPS) is 9.82. The molecule has 17 heavy (non-hydrogen) atoms. The molecular formula is C16H15N. The van der Waals surface area contributed by atoms with E-state index in [4.69, 9.17) is 5.26 Å². The fraction of sp³-hybridized carbons (Fsp3) is 0.188. The Hall–Kier alpha value is -2.07. The number of nitriles is 1. The van der Waals surface area contributed by atoms with Crippen molar-refractivity contribution >= 4 is 0 Å². The highest BCUT2D eigenvalue weighted by molar-refractivity contribution is 5.67. The molecule has 0 spiro atoms.